The summed E-state index contributed by atoms with van der Waals surface area (Å²) >= 11 is 1.21. The normalized spacial score (nSPS) is 12.8. The van der Waals surface area contributed by atoms with Crippen molar-refractivity contribution >= 4 is 38.5 Å². The summed E-state index contributed by atoms with van der Waals surface area (Å²) in [4.78, 5) is 16.8. The van der Waals surface area contributed by atoms with Crippen LogP contribution in [0.15, 0.2) is 70.2 Å². The largest absolute Gasteiger partial charge is 0.464 e. The molecule has 1 heterocycles. The van der Waals surface area contributed by atoms with E-state index in [1.807, 2.05) is 24.3 Å². The van der Waals surface area contributed by atoms with Crippen molar-refractivity contribution in [2.45, 2.75) is 24.7 Å². The first kappa shape index (κ1) is 24.3. The van der Waals surface area contributed by atoms with Gasteiger partial charge in [0.15, 0.2) is 14.8 Å². The van der Waals surface area contributed by atoms with Crippen LogP contribution in [0.4, 0.5) is 5.69 Å². The van der Waals surface area contributed by atoms with Crippen LogP contribution in [0.25, 0.3) is 10.6 Å². The molecular formula is C23H24N4O4S2. The highest BCUT2D eigenvalue weighted by Gasteiger charge is 2.17. The molecule has 33 heavy (non-hydrogen) atoms. The minimum atomic E-state index is -3.37. The van der Waals surface area contributed by atoms with Gasteiger partial charge in [-0.1, -0.05) is 55.5 Å². The Balaban J connectivity index is 2.12. The number of allylic oxidation sites excluding steroid dienone is 1. The molecule has 0 aliphatic carbocycles. The van der Waals surface area contributed by atoms with Crippen LogP contribution in [-0.2, 0) is 19.4 Å². The van der Waals surface area contributed by atoms with E-state index in [4.69, 9.17) is 15.5 Å². The first-order valence-electron chi connectivity index (χ1n) is 9.97. The summed E-state index contributed by atoms with van der Waals surface area (Å²) in [5, 5.41) is 9.36. The average Bonchev–Trinajstić information content (AvgIpc) is 3.28. The molecule has 0 spiro atoms. The second-order valence-electron chi connectivity index (χ2n) is 7.51. The highest BCUT2D eigenvalue weighted by Crippen LogP contribution is 2.30. The number of rotatable bonds is 7. The van der Waals surface area contributed by atoms with E-state index >= 15 is 0 Å². The van der Waals surface area contributed by atoms with E-state index in [0.717, 1.165) is 11.8 Å². The van der Waals surface area contributed by atoms with Gasteiger partial charge < -0.3 is 10.5 Å². The number of carbonyl (C=O) groups is 1. The maximum atomic E-state index is 11.9. The summed E-state index contributed by atoms with van der Waals surface area (Å²) in [5.74, 6) is -0.470. The fourth-order valence-electron chi connectivity index (χ4n) is 2.98. The average molecular weight is 485 g/mol. The highest BCUT2D eigenvalue weighted by molar-refractivity contribution is 7.90. The van der Waals surface area contributed by atoms with Crippen molar-refractivity contribution in [3.63, 3.8) is 0 Å². The second-order valence-corrected chi connectivity index (χ2v) is 10.5. The number of methoxy groups -OCH3 is 1. The van der Waals surface area contributed by atoms with Crippen LogP contribution in [0, 0.1) is 0 Å². The van der Waals surface area contributed by atoms with Crippen molar-refractivity contribution in [3.8, 4) is 10.6 Å². The van der Waals surface area contributed by atoms with Gasteiger partial charge in [-0.3, -0.25) is 0 Å². The molecule has 2 aromatic carbocycles. The van der Waals surface area contributed by atoms with E-state index in [1.54, 1.807) is 18.2 Å². The number of sulfone groups is 1. The maximum Gasteiger partial charge on any atom is 0.353 e. The Hall–Kier alpha value is -3.37. The fourth-order valence-corrected chi connectivity index (χ4v) is 4.44. The predicted octanol–water partition coefficient (Wildman–Crippen LogP) is 3.87. The van der Waals surface area contributed by atoms with Gasteiger partial charge in [-0.15, -0.1) is 10.2 Å². The minimum Gasteiger partial charge on any atom is -0.464 e. The molecule has 0 bridgehead atoms. The summed E-state index contributed by atoms with van der Waals surface area (Å²) in [6.07, 6.45) is 2.55. The van der Waals surface area contributed by atoms with E-state index in [0.29, 0.717) is 27.0 Å². The van der Waals surface area contributed by atoms with Crippen molar-refractivity contribution in [3.05, 3.63) is 70.9 Å². The zero-order chi connectivity index (χ0) is 24.2. The Morgan fingerprint density at radius 1 is 1.15 bits per heavy atom. The van der Waals surface area contributed by atoms with Gasteiger partial charge in [-0.2, -0.15) is 0 Å². The standard InChI is InChI=1S/C23H24N4O4S2/c1-14(2)17-10-5-6-11-19(17)25-20(13-18(24)23(28)31-3)22-27-26-21(32-22)15-8-7-9-16(12-15)33(4,29)30/h5-14H,24H2,1-4H3. The fraction of sp³-hybridized carbons (Fsp3) is 0.217. The van der Waals surface area contributed by atoms with Crippen LogP contribution in [-0.4, -0.2) is 43.7 Å². The number of esters is 1. The highest BCUT2D eigenvalue weighted by atomic mass is 32.2. The Morgan fingerprint density at radius 2 is 1.88 bits per heavy atom. The van der Waals surface area contributed by atoms with Crippen LogP contribution < -0.4 is 5.73 Å². The molecule has 10 heteroatoms. The van der Waals surface area contributed by atoms with E-state index in [9.17, 15) is 13.2 Å². The number of nitrogens with two attached hydrogens (primary N) is 1. The molecule has 0 atom stereocenters. The lowest BCUT2D eigenvalue weighted by molar-refractivity contribution is -0.136. The number of nitrogens with zero attached hydrogens (tertiary/aromatic N) is 3. The number of para-hydroxylation sites is 1. The lowest BCUT2D eigenvalue weighted by Gasteiger charge is -2.09. The molecule has 0 unspecified atom stereocenters. The minimum absolute atomic E-state index is 0.130. The molecule has 0 aliphatic heterocycles. The van der Waals surface area contributed by atoms with Crippen LogP contribution in [0.2, 0.25) is 0 Å². The smallest absolute Gasteiger partial charge is 0.353 e. The van der Waals surface area contributed by atoms with Gasteiger partial charge in [0.25, 0.3) is 0 Å². The van der Waals surface area contributed by atoms with E-state index in [1.165, 1.54) is 30.6 Å². The third-order valence-electron chi connectivity index (χ3n) is 4.67. The maximum absolute atomic E-state index is 11.9. The number of hydrogen-bond donors (Lipinski definition) is 1. The molecule has 0 aliphatic rings. The van der Waals surface area contributed by atoms with E-state index < -0.39 is 15.8 Å². The number of carbonyl (C=O) groups excluding carboxylic acids is 1. The van der Waals surface area contributed by atoms with Gasteiger partial charge in [0.1, 0.15) is 16.4 Å². The molecule has 172 valence electrons. The molecule has 0 saturated heterocycles. The molecule has 3 aromatic rings. The lowest BCUT2D eigenvalue weighted by Crippen LogP contribution is -2.15. The summed E-state index contributed by atoms with van der Waals surface area (Å²) in [5.41, 5.74) is 8.45. The monoisotopic (exact) mass is 484 g/mol. The molecule has 1 aromatic heterocycles. The van der Waals surface area contributed by atoms with Gasteiger partial charge in [0, 0.05) is 11.8 Å². The molecule has 0 saturated carbocycles. The quantitative estimate of drug-likeness (QED) is 0.307. The first-order valence-corrected chi connectivity index (χ1v) is 12.7. The van der Waals surface area contributed by atoms with Gasteiger partial charge in [0.2, 0.25) is 0 Å². The van der Waals surface area contributed by atoms with Gasteiger partial charge >= 0.3 is 5.97 Å². The van der Waals surface area contributed by atoms with Gasteiger partial charge in [-0.05, 0) is 35.8 Å². The Morgan fingerprint density at radius 3 is 2.55 bits per heavy atom. The number of benzene rings is 2. The molecule has 3 rings (SSSR count). The molecule has 2 N–H and O–H groups in total. The summed E-state index contributed by atoms with van der Waals surface area (Å²) in [6, 6.07) is 14.1. The summed E-state index contributed by atoms with van der Waals surface area (Å²) < 4.78 is 28.5. The van der Waals surface area contributed by atoms with Crippen LogP contribution in [0.5, 0.6) is 0 Å². The van der Waals surface area contributed by atoms with Crippen molar-refractivity contribution in [1.82, 2.24) is 10.2 Å². The van der Waals surface area contributed by atoms with Crippen molar-refractivity contribution in [1.29, 1.82) is 0 Å². The number of hydrogen-bond acceptors (Lipinski definition) is 9. The van der Waals surface area contributed by atoms with Gasteiger partial charge in [0.05, 0.1) is 17.7 Å². The molecule has 0 amide bonds. The second kappa shape index (κ2) is 10.1. The zero-order valence-corrected chi connectivity index (χ0v) is 20.3. The SMILES string of the molecule is COC(=O)C(N)=CC(=Nc1ccccc1C(C)C)c1nnc(-c2cccc(S(C)(=O)=O)c2)s1. The third kappa shape index (κ3) is 5.91. The number of aliphatic imine (C=N–C) groups is 1. The molecule has 0 fully saturated rings. The van der Waals surface area contributed by atoms with Crippen molar-refractivity contribution in [2.24, 2.45) is 10.7 Å². The zero-order valence-electron chi connectivity index (χ0n) is 18.6. The van der Waals surface area contributed by atoms with Crippen molar-refractivity contribution in [2.75, 3.05) is 13.4 Å². The van der Waals surface area contributed by atoms with Crippen LogP contribution in [0.1, 0.15) is 30.3 Å². The van der Waals surface area contributed by atoms with Crippen LogP contribution in [0.3, 0.4) is 0 Å². The summed E-state index contributed by atoms with van der Waals surface area (Å²) in [6.45, 7) is 4.12. The van der Waals surface area contributed by atoms with Crippen molar-refractivity contribution < 1.29 is 17.9 Å². The Labute approximate surface area is 196 Å². The number of ether oxygens (including phenoxy) is 1. The van der Waals surface area contributed by atoms with E-state index in [-0.39, 0.29) is 16.5 Å². The number of aromatic nitrogens is 2. The molecular weight excluding hydrogens is 460 g/mol. The lowest BCUT2D eigenvalue weighted by atomic mass is 10.0. The van der Waals surface area contributed by atoms with E-state index in [2.05, 4.69) is 24.0 Å². The molecule has 0 radical (unpaired) electrons. The summed E-state index contributed by atoms with van der Waals surface area (Å²) in [7, 11) is -2.13. The van der Waals surface area contributed by atoms with Gasteiger partial charge in [-0.25, -0.2) is 18.2 Å². The first-order chi connectivity index (χ1) is 15.6. The topological polar surface area (TPSA) is 125 Å². The Kier molecular flexibility index (Phi) is 7.39. The third-order valence-corrected chi connectivity index (χ3v) is 6.77. The molecule has 8 nitrogen and oxygen atoms in total. The van der Waals surface area contributed by atoms with Crippen LogP contribution >= 0.6 is 11.3 Å². The Bertz CT molecular complexity index is 1340. The predicted molar refractivity (Wildman–Crippen MR) is 129 cm³/mol.